The Kier molecular flexibility index (Phi) is 9.79. The third-order valence-corrected chi connectivity index (χ3v) is 10.1. The second kappa shape index (κ2) is 12.6. The minimum atomic E-state index is -0.00181. The zero-order chi connectivity index (χ0) is 26.5. The van der Waals surface area contributed by atoms with E-state index >= 15 is 0 Å². The van der Waals surface area contributed by atoms with Crippen molar-refractivity contribution in [2.75, 3.05) is 6.61 Å². The highest BCUT2D eigenvalue weighted by Crippen LogP contribution is 2.47. The van der Waals surface area contributed by atoms with Crippen molar-refractivity contribution in [3.63, 3.8) is 0 Å². The van der Waals surface area contributed by atoms with Gasteiger partial charge < -0.3 is 0 Å². The molecular weight excluding hydrogens is 450 g/mol. The molecule has 37 heavy (non-hydrogen) atoms. The van der Waals surface area contributed by atoms with E-state index in [2.05, 4.69) is 82.7 Å². The summed E-state index contributed by atoms with van der Waals surface area (Å²) < 4.78 is 0. The van der Waals surface area contributed by atoms with Crippen LogP contribution in [0.4, 0.5) is 0 Å². The topological polar surface area (TPSA) is 12.5 Å². The first kappa shape index (κ1) is 28.6. The first-order chi connectivity index (χ1) is 17.7. The molecule has 3 aliphatic rings. The van der Waals surface area contributed by atoms with E-state index in [0.29, 0.717) is 12.5 Å². The summed E-state index contributed by atoms with van der Waals surface area (Å²) >= 11 is 0. The molecule has 0 spiro atoms. The maximum Gasteiger partial charge on any atom is 0.0864 e. The molecule has 3 fully saturated rings. The van der Waals surface area contributed by atoms with Gasteiger partial charge in [-0.25, -0.2) is 0 Å². The largest absolute Gasteiger partial charge is 0.294 e. The Morgan fingerprint density at radius 1 is 0.811 bits per heavy atom. The van der Waals surface area contributed by atoms with Crippen LogP contribution in [0.5, 0.6) is 0 Å². The summed E-state index contributed by atoms with van der Waals surface area (Å²) in [5.74, 6) is 4.33. The highest BCUT2D eigenvalue weighted by atomic mass is 16.7. The van der Waals surface area contributed by atoms with Crippen LogP contribution in [-0.4, -0.2) is 22.7 Å². The summed E-state index contributed by atoms with van der Waals surface area (Å²) in [5.41, 5.74) is 3.09. The van der Waals surface area contributed by atoms with Crippen LogP contribution in [-0.2, 0) is 4.84 Å². The van der Waals surface area contributed by atoms with Gasteiger partial charge in [-0.05, 0) is 140 Å². The fourth-order valence-electron chi connectivity index (χ4n) is 8.39. The van der Waals surface area contributed by atoms with Crippen molar-refractivity contribution in [3.8, 4) is 0 Å². The average molecular weight is 506 g/mol. The predicted octanol–water partition coefficient (Wildman–Crippen LogP) is 9.98. The van der Waals surface area contributed by atoms with Gasteiger partial charge in [0.25, 0.3) is 0 Å². The molecule has 2 heteroatoms. The van der Waals surface area contributed by atoms with Gasteiger partial charge in [-0.15, -0.1) is 6.58 Å². The van der Waals surface area contributed by atoms with Crippen LogP contribution in [0, 0.1) is 17.8 Å². The van der Waals surface area contributed by atoms with Gasteiger partial charge in [-0.3, -0.25) is 4.84 Å². The molecular formula is C35H55NO. The number of hydroxylamine groups is 2. The lowest BCUT2D eigenvalue weighted by Gasteiger charge is -2.54. The molecule has 0 amide bonds. The molecule has 4 rings (SSSR count). The average Bonchev–Trinajstić information content (AvgIpc) is 2.88. The molecule has 1 heterocycles. The first-order valence-electron chi connectivity index (χ1n) is 15.5. The summed E-state index contributed by atoms with van der Waals surface area (Å²) in [6, 6.07) is 9.84. The van der Waals surface area contributed by atoms with Gasteiger partial charge in [0.15, 0.2) is 0 Å². The number of rotatable bonds is 9. The first-order valence-corrected chi connectivity index (χ1v) is 15.5. The van der Waals surface area contributed by atoms with Crippen LogP contribution in [0.1, 0.15) is 135 Å². The minimum absolute atomic E-state index is 0.00181. The molecule has 0 radical (unpaired) electrons. The van der Waals surface area contributed by atoms with E-state index in [1.54, 1.807) is 5.56 Å². The van der Waals surface area contributed by atoms with Crippen molar-refractivity contribution in [1.82, 2.24) is 5.06 Å². The van der Waals surface area contributed by atoms with Gasteiger partial charge in [0.2, 0.25) is 0 Å². The maximum atomic E-state index is 6.14. The van der Waals surface area contributed by atoms with Crippen molar-refractivity contribution in [2.24, 2.45) is 17.8 Å². The smallest absolute Gasteiger partial charge is 0.0864 e. The summed E-state index contributed by atoms with van der Waals surface area (Å²) in [4.78, 5) is 6.14. The lowest BCUT2D eigenvalue weighted by atomic mass is 9.68. The van der Waals surface area contributed by atoms with Crippen molar-refractivity contribution in [1.29, 1.82) is 0 Å². The fraction of sp³-hybridized carbons (Fsp3) is 0.714. The standard InChI is InChI=1S/C35H55NO/c1-7-9-10-11-27-12-14-28(15-13-27)29-16-18-30(19-17-29)31-20-22-32(23-21-31)33-25-34(3,4)36(37-24-8-2)35(5,6)26-33/h7-9,20-23,27-30,33H,2,10-19,24-26H2,1,3-6H3/b9-7+. The number of piperidine rings is 1. The van der Waals surface area contributed by atoms with Crippen LogP contribution in [0.3, 0.4) is 0 Å². The molecule has 1 aromatic rings. The van der Waals surface area contributed by atoms with E-state index in [1.165, 1.54) is 69.8 Å². The molecule has 2 saturated carbocycles. The van der Waals surface area contributed by atoms with Crippen LogP contribution in [0.2, 0.25) is 0 Å². The predicted molar refractivity (Wildman–Crippen MR) is 159 cm³/mol. The van der Waals surface area contributed by atoms with E-state index in [1.807, 2.05) is 6.08 Å². The summed E-state index contributed by atoms with van der Waals surface area (Å²) in [7, 11) is 0. The molecule has 206 valence electrons. The Hall–Kier alpha value is -1.38. The Morgan fingerprint density at radius 2 is 1.32 bits per heavy atom. The van der Waals surface area contributed by atoms with E-state index < -0.39 is 0 Å². The van der Waals surface area contributed by atoms with Crippen molar-refractivity contribution in [3.05, 3.63) is 60.2 Å². The highest BCUT2D eigenvalue weighted by molar-refractivity contribution is 5.29. The van der Waals surface area contributed by atoms with Crippen LogP contribution >= 0.6 is 0 Å². The second-order valence-corrected chi connectivity index (χ2v) is 13.8. The van der Waals surface area contributed by atoms with E-state index in [9.17, 15) is 0 Å². The molecule has 0 N–H and O–H groups in total. The number of benzene rings is 1. The molecule has 0 bridgehead atoms. The van der Waals surface area contributed by atoms with E-state index in [-0.39, 0.29) is 11.1 Å². The molecule has 1 saturated heterocycles. The molecule has 0 unspecified atom stereocenters. The van der Waals surface area contributed by atoms with Crippen LogP contribution < -0.4 is 0 Å². The zero-order valence-electron chi connectivity index (χ0n) is 24.7. The minimum Gasteiger partial charge on any atom is -0.294 e. The number of hydrogen-bond donors (Lipinski definition) is 0. The van der Waals surface area contributed by atoms with Crippen LogP contribution in [0.25, 0.3) is 0 Å². The second-order valence-electron chi connectivity index (χ2n) is 13.8. The molecule has 2 nitrogen and oxygen atoms in total. The highest BCUT2D eigenvalue weighted by Gasteiger charge is 2.46. The quantitative estimate of drug-likeness (QED) is 0.310. The van der Waals surface area contributed by atoms with Gasteiger partial charge >= 0.3 is 0 Å². The van der Waals surface area contributed by atoms with Crippen LogP contribution in [0.15, 0.2) is 49.1 Å². The SMILES string of the molecule is C=CCON1C(C)(C)CC(c2ccc(C3CCC(C4CCC(CC/C=C/C)CC4)CC3)cc2)CC1(C)C. The van der Waals surface area contributed by atoms with Gasteiger partial charge in [-0.1, -0.05) is 55.3 Å². The monoisotopic (exact) mass is 505 g/mol. The number of allylic oxidation sites excluding steroid dienone is 2. The summed E-state index contributed by atoms with van der Waals surface area (Å²) in [5, 5.41) is 2.24. The summed E-state index contributed by atoms with van der Waals surface area (Å²) in [6.07, 6.45) is 23.0. The molecule has 2 aliphatic carbocycles. The zero-order valence-corrected chi connectivity index (χ0v) is 24.7. The maximum absolute atomic E-state index is 6.14. The Balaban J connectivity index is 1.28. The lowest BCUT2D eigenvalue weighted by Crippen LogP contribution is -2.59. The lowest BCUT2D eigenvalue weighted by molar-refractivity contribution is -0.277. The molecule has 1 aliphatic heterocycles. The van der Waals surface area contributed by atoms with Gasteiger partial charge in [0.1, 0.15) is 0 Å². The van der Waals surface area contributed by atoms with Gasteiger partial charge in [-0.2, -0.15) is 5.06 Å². The normalized spacial score (nSPS) is 30.9. The van der Waals surface area contributed by atoms with E-state index in [4.69, 9.17) is 4.84 Å². The van der Waals surface area contributed by atoms with E-state index in [0.717, 1.165) is 36.5 Å². The Morgan fingerprint density at radius 3 is 1.84 bits per heavy atom. The van der Waals surface area contributed by atoms with Crippen molar-refractivity contribution < 1.29 is 4.84 Å². The molecule has 0 aromatic heterocycles. The molecule has 1 aromatic carbocycles. The Bertz CT molecular complexity index is 847. The van der Waals surface area contributed by atoms with Gasteiger partial charge in [0, 0.05) is 11.1 Å². The number of nitrogens with zero attached hydrogens (tertiary/aromatic N) is 1. The summed E-state index contributed by atoms with van der Waals surface area (Å²) in [6.45, 7) is 15.9. The third-order valence-electron chi connectivity index (χ3n) is 10.1. The fourth-order valence-corrected chi connectivity index (χ4v) is 8.39. The Labute approximate surface area is 228 Å². The van der Waals surface area contributed by atoms with Gasteiger partial charge in [0.05, 0.1) is 6.61 Å². The third kappa shape index (κ3) is 7.18. The van der Waals surface area contributed by atoms with Crippen molar-refractivity contribution >= 4 is 0 Å². The number of hydrogen-bond acceptors (Lipinski definition) is 2. The molecule has 0 atom stereocenters. The van der Waals surface area contributed by atoms with Crippen molar-refractivity contribution in [2.45, 2.75) is 135 Å².